The summed E-state index contributed by atoms with van der Waals surface area (Å²) in [7, 11) is 0. The Morgan fingerprint density at radius 2 is 1.09 bits per heavy atom. The molecular formula is C33H52N4O8. The predicted octanol–water partition coefficient (Wildman–Crippen LogP) is 5.84. The number of rotatable bonds is 17. The summed E-state index contributed by atoms with van der Waals surface area (Å²) in [6.45, 7) is 14.7. The molecule has 0 atom stereocenters. The molecule has 0 saturated heterocycles. The first kappa shape index (κ1) is 41.2. The molecule has 0 heterocycles. The Hall–Kier alpha value is -3.83. The van der Waals surface area contributed by atoms with Gasteiger partial charge in [0.2, 0.25) is 0 Å². The molecule has 0 saturated carbocycles. The van der Waals surface area contributed by atoms with Crippen LogP contribution in [0.2, 0.25) is 0 Å². The van der Waals surface area contributed by atoms with E-state index in [-0.39, 0.29) is 32.2 Å². The number of azide groups is 1. The molecule has 0 spiro atoms. The Morgan fingerprint density at radius 3 is 1.44 bits per heavy atom. The van der Waals surface area contributed by atoms with Gasteiger partial charge in [-0.25, -0.2) is 0 Å². The van der Waals surface area contributed by atoms with Crippen molar-refractivity contribution < 1.29 is 38.0 Å². The zero-order valence-electron chi connectivity index (χ0n) is 26.9. The monoisotopic (exact) mass is 632 g/mol. The van der Waals surface area contributed by atoms with Gasteiger partial charge in [-0.2, -0.15) is 0 Å². The molecule has 12 heteroatoms. The van der Waals surface area contributed by atoms with Crippen LogP contribution < -0.4 is 15.2 Å². The van der Waals surface area contributed by atoms with E-state index in [1.807, 2.05) is 77.9 Å². The zero-order chi connectivity index (χ0) is 32.8. The molecule has 0 aliphatic carbocycles. The number of hydrogen-bond acceptors (Lipinski definition) is 10. The van der Waals surface area contributed by atoms with Crippen LogP contribution in [0.3, 0.4) is 0 Å². The van der Waals surface area contributed by atoms with E-state index < -0.39 is 11.2 Å². The van der Waals surface area contributed by atoms with Crippen molar-refractivity contribution in [1.82, 2.24) is 0 Å². The Bertz CT molecular complexity index is 1140. The molecule has 0 aliphatic rings. The van der Waals surface area contributed by atoms with Crippen LogP contribution in [-0.4, -0.2) is 75.9 Å². The number of nitrogens with two attached hydrogens (primary N) is 1. The summed E-state index contributed by atoms with van der Waals surface area (Å²) in [4.78, 5) is 26.1. The van der Waals surface area contributed by atoms with E-state index in [4.69, 9.17) is 39.7 Å². The minimum atomic E-state index is -0.474. The van der Waals surface area contributed by atoms with Crippen LogP contribution >= 0.6 is 0 Å². The molecule has 0 amide bonds. The van der Waals surface area contributed by atoms with Crippen molar-refractivity contribution >= 4 is 11.9 Å². The molecule has 2 N–H and O–H groups in total. The molecule has 0 bridgehead atoms. The first-order valence-corrected chi connectivity index (χ1v) is 14.5. The molecule has 2 aromatic rings. The lowest BCUT2D eigenvalue weighted by atomic mass is 10.1. The standard InChI is InChI=1S/C16H23N3O4.C16H25NO4.CH4/c1-16(2,3)23-15(20)12-13-4-6-14(7-5-13)22-11-10-21-9-8-18-19-17;1-16(2,3)21-15(18)12-13-4-6-14(7-5-13)20-11-10-19-9-8-17;/h4-7H,8-12H2,1-3H3;4-7H,8-12,17H2,1-3H3;1H4. The van der Waals surface area contributed by atoms with Crippen molar-refractivity contribution in [3.05, 3.63) is 70.1 Å². The fourth-order valence-electron chi connectivity index (χ4n) is 3.37. The highest BCUT2D eigenvalue weighted by atomic mass is 16.6. The minimum absolute atomic E-state index is 0. The summed E-state index contributed by atoms with van der Waals surface area (Å²) in [5.41, 5.74) is 14.3. The van der Waals surface area contributed by atoms with Crippen molar-refractivity contribution in [1.29, 1.82) is 0 Å². The van der Waals surface area contributed by atoms with Crippen LogP contribution in [-0.2, 0) is 41.4 Å². The lowest BCUT2D eigenvalue weighted by molar-refractivity contribution is -0.155. The van der Waals surface area contributed by atoms with E-state index in [9.17, 15) is 9.59 Å². The number of ether oxygens (including phenoxy) is 6. The highest BCUT2D eigenvalue weighted by Gasteiger charge is 2.17. The summed E-state index contributed by atoms with van der Waals surface area (Å²) in [6, 6.07) is 14.7. The maximum atomic E-state index is 11.7. The molecule has 0 aliphatic heterocycles. The fourth-order valence-corrected chi connectivity index (χ4v) is 3.37. The van der Waals surface area contributed by atoms with Crippen molar-refractivity contribution in [2.75, 3.05) is 52.7 Å². The molecule has 12 nitrogen and oxygen atoms in total. The third-order valence-corrected chi connectivity index (χ3v) is 5.04. The van der Waals surface area contributed by atoms with E-state index in [0.717, 1.165) is 16.9 Å². The molecule has 2 aromatic carbocycles. The average Bonchev–Trinajstić information content (AvgIpc) is 2.92. The van der Waals surface area contributed by atoms with E-state index in [1.54, 1.807) is 12.1 Å². The van der Waals surface area contributed by atoms with E-state index >= 15 is 0 Å². The number of benzene rings is 2. The summed E-state index contributed by atoms with van der Waals surface area (Å²) in [5.74, 6) is 0.974. The van der Waals surface area contributed by atoms with Gasteiger partial charge in [0.05, 0.1) is 39.3 Å². The van der Waals surface area contributed by atoms with Crippen LogP contribution in [0.1, 0.15) is 60.1 Å². The first-order chi connectivity index (χ1) is 20.8. The van der Waals surface area contributed by atoms with Crippen LogP contribution in [0.4, 0.5) is 0 Å². The molecule has 2 rings (SSSR count). The average molecular weight is 633 g/mol. The number of carbonyl (C=O) groups is 2. The van der Waals surface area contributed by atoms with Crippen molar-refractivity contribution in [2.24, 2.45) is 10.8 Å². The summed E-state index contributed by atoms with van der Waals surface area (Å²) in [6.07, 6.45) is 0.497. The smallest absolute Gasteiger partial charge is 0.310 e. The lowest BCUT2D eigenvalue weighted by Gasteiger charge is -2.19. The van der Waals surface area contributed by atoms with Gasteiger partial charge in [0, 0.05) is 18.0 Å². The molecule has 0 radical (unpaired) electrons. The second kappa shape index (κ2) is 22.6. The van der Waals surface area contributed by atoms with Crippen molar-refractivity contribution in [3.8, 4) is 11.5 Å². The lowest BCUT2D eigenvalue weighted by Crippen LogP contribution is -2.24. The van der Waals surface area contributed by atoms with E-state index in [0.29, 0.717) is 58.5 Å². The quantitative estimate of drug-likeness (QED) is 0.0742. The molecule has 0 unspecified atom stereocenters. The van der Waals surface area contributed by atoms with Gasteiger partial charge in [-0.1, -0.05) is 36.8 Å². The highest BCUT2D eigenvalue weighted by molar-refractivity contribution is 5.73. The van der Waals surface area contributed by atoms with E-state index in [2.05, 4.69) is 10.0 Å². The largest absolute Gasteiger partial charge is 0.491 e. The van der Waals surface area contributed by atoms with Crippen molar-refractivity contribution in [2.45, 2.75) is 73.0 Å². The van der Waals surface area contributed by atoms with Gasteiger partial charge in [-0.15, -0.1) is 0 Å². The van der Waals surface area contributed by atoms with E-state index in [1.165, 1.54) is 0 Å². The van der Waals surface area contributed by atoms with Gasteiger partial charge in [0.25, 0.3) is 0 Å². The first-order valence-electron chi connectivity index (χ1n) is 14.5. The predicted molar refractivity (Wildman–Crippen MR) is 174 cm³/mol. The topological polar surface area (TPSA) is 164 Å². The number of esters is 2. The van der Waals surface area contributed by atoms with Crippen LogP contribution in [0.15, 0.2) is 53.6 Å². The number of hydrogen-bond donors (Lipinski definition) is 1. The maximum Gasteiger partial charge on any atom is 0.310 e. The fraction of sp³-hybridized carbons (Fsp3) is 0.576. The molecule has 0 fully saturated rings. The SMILES string of the molecule is C.CC(C)(C)OC(=O)Cc1ccc(OCCOCCN)cc1.CC(C)(C)OC(=O)Cc1ccc(OCCOCCN=[N+]=[N-])cc1. The maximum absolute atomic E-state index is 11.7. The summed E-state index contributed by atoms with van der Waals surface area (Å²) >= 11 is 0. The number of nitrogens with zero attached hydrogens (tertiary/aromatic N) is 3. The number of carbonyl (C=O) groups excluding carboxylic acids is 2. The Labute approximate surface area is 268 Å². The van der Waals surface area contributed by atoms with Crippen LogP contribution in [0, 0.1) is 0 Å². The van der Waals surface area contributed by atoms with Gasteiger partial charge in [0.1, 0.15) is 35.9 Å². The highest BCUT2D eigenvalue weighted by Crippen LogP contribution is 2.16. The third-order valence-electron chi connectivity index (χ3n) is 5.04. The van der Waals surface area contributed by atoms with Gasteiger partial charge in [-0.05, 0) is 82.5 Å². The zero-order valence-corrected chi connectivity index (χ0v) is 26.9. The summed E-state index contributed by atoms with van der Waals surface area (Å²) < 4.78 is 32.0. The second-order valence-corrected chi connectivity index (χ2v) is 11.5. The molecule has 45 heavy (non-hydrogen) atoms. The minimum Gasteiger partial charge on any atom is -0.491 e. The van der Waals surface area contributed by atoms with Gasteiger partial charge in [0.15, 0.2) is 0 Å². The molecule has 0 aromatic heterocycles. The second-order valence-electron chi connectivity index (χ2n) is 11.5. The van der Waals surface area contributed by atoms with Crippen LogP contribution in [0.25, 0.3) is 10.4 Å². The molecular weight excluding hydrogens is 580 g/mol. The Balaban J connectivity index is 0.000000845. The summed E-state index contributed by atoms with van der Waals surface area (Å²) in [5, 5.41) is 3.36. The normalized spacial score (nSPS) is 10.7. The van der Waals surface area contributed by atoms with Gasteiger partial charge < -0.3 is 34.2 Å². The Morgan fingerprint density at radius 1 is 0.689 bits per heavy atom. The molecule has 252 valence electrons. The van der Waals surface area contributed by atoms with Gasteiger partial charge >= 0.3 is 11.9 Å². The third kappa shape index (κ3) is 23.3. The van der Waals surface area contributed by atoms with Gasteiger partial charge in [-0.3, -0.25) is 9.59 Å². The van der Waals surface area contributed by atoms with Crippen LogP contribution in [0.5, 0.6) is 11.5 Å². The Kier molecular flexibility index (Phi) is 20.7. The van der Waals surface area contributed by atoms with Crippen molar-refractivity contribution in [3.63, 3.8) is 0 Å².